The summed E-state index contributed by atoms with van der Waals surface area (Å²) in [6.45, 7) is 7.87. The van der Waals surface area contributed by atoms with Gasteiger partial charge in [0.1, 0.15) is 4.75 Å². The quantitative estimate of drug-likeness (QED) is 0.794. The maximum Gasteiger partial charge on any atom is 0.188 e. The molecule has 0 aliphatic rings. The number of sulfone groups is 1. The molecule has 2 aromatic carbocycles. The van der Waals surface area contributed by atoms with Crippen molar-refractivity contribution in [3.63, 3.8) is 0 Å². The highest BCUT2D eigenvalue weighted by atomic mass is 32.2. The third-order valence-corrected chi connectivity index (χ3v) is 7.34. The van der Waals surface area contributed by atoms with Gasteiger partial charge in [0.15, 0.2) is 9.84 Å². The lowest BCUT2D eigenvalue weighted by Crippen LogP contribution is -2.35. The molecule has 0 saturated heterocycles. The molecule has 0 fully saturated rings. The summed E-state index contributed by atoms with van der Waals surface area (Å²) in [5, 5.41) is 0. The van der Waals surface area contributed by atoms with Crippen molar-refractivity contribution in [1.82, 2.24) is 0 Å². The minimum Gasteiger partial charge on any atom is -0.223 e. The van der Waals surface area contributed by atoms with E-state index >= 15 is 0 Å². The van der Waals surface area contributed by atoms with Crippen molar-refractivity contribution < 1.29 is 8.42 Å². The van der Waals surface area contributed by atoms with Crippen LogP contribution >= 0.6 is 0 Å². The predicted octanol–water partition coefficient (Wildman–Crippen LogP) is 4.79. The molecule has 22 heavy (non-hydrogen) atoms. The van der Waals surface area contributed by atoms with Gasteiger partial charge in [-0.3, -0.25) is 0 Å². The van der Waals surface area contributed by atoms with E-state index < -0.39 is 14.6 Å². The second kappa shape index (κ2) is 6.25. The fourth-order valence-electron chi connectivity index (χ4n) is 3.18. The molecule has 2 nitrogen and oxygen atoms in total. The molecule has 0 unspecified atom stereocenters. The van der Waals surface area contributed by atoms with E-state index in [4.69, 9.17) is 0 Å². The van der Waals surface area contributed by atoms with Gasteiger partial charge in [0, 0.05) is 0 Å². The van der Waals surface area contributed by atoms with Gasteiger partial charge in [-0.05, 0) is 49.9 Å². The second-order valence-corrected chi connectivity index (χ2v) is 8.09. The molecule has 0 heterocycles. The van der Waals surface area contributed by atoms with E-state index in [2.05, 4.69) is 0 Å². The highest BCUT2D eigenvalue weighted by Gasteiger charge is 2.43. The van der Waals surface area contributed by atoms with Crippen molar-refractivity contribution >= 4 is 9.84 Å². The molecule has 0 aromatic heterocycles. The third-order valence-electron chi connectivity index (χ3n) is 4.62. The van der Waals surface area contributed by atoms with Crippen molar-refractivity contribution in [2.45, 2.75) is 50.2 Å². The summed E-state index contributed by atoms with van der Waals surface area (Å²) in [7, 11) is -3.46. The van der Waals surface area contributed by atoms with Crippen LogP contribution in [0.3, 0.4) is 0 Å². The van der Waals surface area contributed by atoms with E-state index in [1.807, 2.05) is 64.1 Å². The molecule has 0 N–H and O–H groups in total. The van der Waals surface area contributed by atoms with Gasteiger partial charge >= 0.3 is 0 Å². The van der Waals surface area contributed by atoms with Crippen LogP contribution in [0.15, 0.2) is 53.4 Å². The average molecular weight is 316 g/mol. The number of benzene rings is 2. The van der Waals surface area contributed by atoms with E-state index in [1.165, 1.54) is 0 Å². The Bertz CT molecular complexity index is 739. The van der Waals surface area contributed by atoms with Crippen LogP contribution in [0.2, 0.25) is 0 Å². The van der Waals surface area contributed by atoms with Gasteiger partial charge in [-0.25, -0.2) is 8.42 Å². The number of aryl methyl sites for hydroxylation is 2. The maximum absolute atomic E-state index is 13.4. The lowest BCUT2D eigenvalue weighted by atomic mass is 9.89. The fourth-order valence-corrected chi connectivity index (χ4v) is 5.41. The van der Waals surface area contributed by atoms with Crippen LogP contribution in [0.4, 0.5) is 0 Å². The Morgan fingerprint density at radius 1 is 0.864 bits per heavy atom. The molecule has 0 saturated carbocycles. The van der Waals surface area contributed by atoms with E-state index in [0.717, 1.165) is 16.7 Å². The summed E-state index contributed by atoms with van der Waals surface area (Å²) in [4.78, 5) is 0.407. The normalized spacial score (nSPS) is 12.4. The Morgan fingerprint density at radius 2 is 1.41 bits per heavy atom. The van der Waals surface area contributed by atoms with Crippen molar-refractivity contribution in [1.29, 1.82) is 0 Å². The summed E-state index contributed by atoms with van der Waals surface area (Å²) >= 11 is 0. The first-order chi connectivity index (χ1) is 10.4. The van der Waals surface area contributed by atoms with Gasteiger partial charge in [0.2, 0.25) is 0 Å². The van der Waals surface area contributed by atoms with Gasteiger partial charge in [0.05, 0.1) is 4.90 Å². The zero-order chi connectivity index (χ0) is 16.4. The highest BCUT2D eigenvalue weighted by molar-refractivity contribution is 7.92. The zero-order valence-electron chi connectivity index (χ0n) is 13.8. The van der Waals surface area contributed by atoms with Gasteiger partial charge in [0.25, 0.3) is 0 Å². The Kier molecular flexibility index (Phi) is 4.76. The van der Waals surface area contributed by atoms with E-state index in [-0.39, 0.29) is 0 Å². The summed E-state index contributed by atoms with van der Waals surface area (Å²) < 4.78 is 25.9. The summed E-state index contributed by atoms with van der Waals surface area (Å²) in [6, 6.07) is 15.0. The number of hydrogen-bond donors (Lipinski definition) is 0. The molecular weight excluding hydrogens is 292 g/mol. The minimum absolute atomic E-state index is 0.407. The van der Waals surface area contributed by atoms with Crippen LogP contribution in [0.5, 0.6) is 0 Å². The summed E-state index contributed by atoms with van der Waals surface area (Å²) in [5.41, 5.74) is 3.01. The Balaban J connectivity index is 2.70. The van der Waals surface area contributed by atoms with Crippen molar-refractivity contribution in [2.75, 3.05) is 0 Å². The van der Waals surface area contributed by atoms with Crippen LogP contribution in [-0.4, -0.2) is 8.42 Å². The molecule has 0 bridgehead atoms. The molecule has 0 atom stereocenters. The molecule has 0 radical (unpaired) electrons. The van der Waals surface area contributed by atoms with E-state index in [0.29, 0.717) is 17.7 Å². The Hall–Kier alpha value is -1.61. The van der Waals surface area contributed by atoms with Crippen LogP contribution < -0.4 is 0 Å². The number of rotatable bonds is 5. The smallest absolute Gasteiger partial charge is 0.188 e. The molecule has 0 amide bonds. The SMILES string of the molecule is CCC(CC)(c1ccccc1C)S(=O)(=O)c1ccc(C)cc1. The standard InChI is InChI=1S/C19H24O2S/c1-5-19(6-2,18-10-8-7-9-16(18)4)22(20,21)17-13-11-15(3)12-14-17/h7-14H,5-6H2,1-4H3. The van der Waals surface area contributed by atoms with E-state index in [9.17, 15) is 8.42 Å². The molecule has 0 aliphatic carbocycles. The molecular formula is C19H24O2S. The molecule has 3 heteroatoms. The van der Waals surface area contributed by atoms with Crippen LogP contribution in [-0.2, 0) is 14.6 Å². The van der Waals surface area contributed by atoms with Gasteiger partial charge in [-0.1, -0.05) is 55.8 Å². The minimum atomic E-state index is -3.46. The van der Waals surface area contributed by atoms with Crippen molar-refractivity contribution in [3.05, 3.63) is 65.2 Å². The van der Waals surface area contributed by atoms with Gasteiger partial charge in [-0.15, -0.1) is 0 Å². The first-order valence-corrected chi connectivity index (χ1v) is 9.24. The monoisotopic (exact) mass is 316 g/mol. The first-order valence-electron chi connectivity index (χ1n) is 7.76. The Labute approximate surface area is 134 Å². The molecule has 118 valence electrons. The van der Waals surface area contributed by atoms with Crippen LogP contribution in [0.25, 0.3) is 0 Å². The summed E-state index contributed by atoms with van der Waals surface area (Å²) in [5.74, 6) is 0. The molecule has 0 aliphatic heterocycles. The largest absolute Gasteiger partial charge is 0.223 e. The topological polar surface area (TPSA) is 34.1 Å². The molecule has 0 spiro atoms. The maximum atomic E-state index is 13.4. The fraction of sp³-hybridized carbons (Fsp3) is 0.368. The lowest BCUT2D eigenvalue weighted by Gasteiger charge is -2.33. The zero-order valence-corrected chi connectivity index (χ0v) is 14.6. The first kappa shape index (κ1) is 16.8. The van der Waals surface area contributed by atoms with Crippen molar-refractivity contribution in [2.24, 2.45) is 0 Å². The average Bonchev–Trinajstić information content (AvgIpc) is 2.51. The molecule has 2 aromatic rings. The summed E-state index contributed by atoms with van der Waals surface area (Å²) in [6.07, 6.45) is 1.12. The predicted molar refractivity (Wildman–Crippen MR) is 91.8 cm³/mol. The third kappa shape index (κ3) is 2.58. The van der Waals surface area contributed by atoms with Crippen molar-refractivity contribution in [3.8, 4) is 0 Å². The van der Waals surface area contributed by atoms with Gasteiger partial charge < -0.3 is 0 Å². The molecule has 2 rings (SSSR count). The number of hydrogen-bond acceptors (Lipinski definition) is 2. The lowest BCUT2D eigenvalue weighted by molar-refractivity contribution is 0.492. The Morgan fingerprint density at radius 3 is 1.91 bits per heavy atom. The van der Waals surface area contributed by atoms with Crippen LogP contribution in [0.1, 0.15) is 43.4 Å². The van der Waals surface area contributed by atoms with Gasteiger partial charge in [-0.2, -0.15) is 0 Å². The highest BCUT2D eigenvalue weighted by Crippen LogP contribution is 2.42. The second-order valence-electron chi connectivity index (χ2n) is 5.83. The van der Waals surface area contributed by atoms with Crippen LogP contribution in [0, 0.1) is 13.8 Å². The van der Waals surface area contributed by atoms with E-state index in [1.54, 1.807) is 12.1 Å².